The van der Waals surface area contributed by atoms with Gasteiger partial charge in [-0.3, -0.25) is 0 Å². The molecule has 0 spiro atoms. The number of alkyl halides is 3. The molecule has 0 saturated carbocycles. The van der Waals surface area contributed by atoms with Crippen molar-refractivity contribution in [3.05, 3.63) is 0 Å². The van der Waals surface area contributed by atoms with E-state index in [-0.39, 0.29) is 25.4 Å². The fourth-order valence-corrected chi connectivity index (χ4v) is 1.30. The maximum Gasteiger partial charge on any atom is 0.414 e. The van der Waals surface area contributed by atoms with Gasteiger partial charge in [0.1, 0.15) is 9.84 Å². The first-order chi connectivity index (χ1) is 7.13. The summed E-state index contributed by atoms with van der Waals surface area (Å²) in [7, 11) is -3.03. The Bertz CT molecular complexity index is 289. The van der Waals surface area contributed by atoms with Gasteiger partial charge < -0.3 is 10.1 Å². The quantitative estimate of drug-likeness (QED) is 0.683. The molecule has 0 aromatic heterocycles. The van der Waals surface area contributed by atoms with Crippen molar-refractivity contribution in [2.75, 3.05) is 31.7 Å². The normalized spacial score (nSPS) is 15.1. The van der Waals surface area contributed by atoms with Gasteiger partial charge in [0.25, 0.3) is 0 Å². The minimum atomic E-state index is -4.35. The maximum atomic E-state index is 12.0. The molecule has 98 valence electrons. The summed E-state index contributed by atoms with van der Waals surface area (Å²) in [6.07, 6.45) is -5.06. The van der Waals surface area contributed by atoms with Crippen LogP contribution in [0.2, 0.25) is 0 Å². The largest absolute Gasteiger partial charge is 0.414 e. The van der Waals surface area contributed by atoms with Gasteiger partial charge in [0.2, 0.25) is 0 Å². The van der Waals surface area contributed by atoms with Crippen LogP contribution in [-0.4, -0.2) is 52.4 Å². The van der Waals surface area contributed by atoms with Crippen molar-refractivity contribution >= 4 is 9.84 Å². The number of halogens is 3. The number of ether oxygens (including phenoxy) is 1. The molecule has 0 aromatic rings. The van der Waals surface area contributed by atoms with Gasteiger partial charge >= 0.3 is 6.18 Å². The Kier molecular flexibility index (Phi) is 6.27. The van der Waals surface area contributed by atoms with Crippen LogP contribution in [0.15, 0.2) is 0 Å². The van der Waals surface area contributed by atoms with Crippen LogP contribution in [0.5, 0.6) is 0 Å². The molecule has 1 atom stereocenters. The van der Waals surface area contributed by atoms with Gasteiger partial charge in [0, 0.05) is 19.3 Å². The van der Waals surface area contributed by atoms with Crippen molar-refractivity contribution in [1.29, 1.82) is 0 Å². The SMILES string of the molecule is CC(OCCNCCS(C)(=O)=O)C(F)(F)F. The number of rotatable bonds is 7. The lowest BCUT2D eigenvalue weighted by Gasteiger charge is -2.16. The van der Waals surface area contributed by atoms with Crippen LogP contribution < -0.4 is 5.32 Å². The monoisotopic (exact) mass is 263 g/mol. The van der Waals surface area contributed by atoms with Gasteiger partial charge in [-0.2, -0.15) is 13.2 Å². The molecule has 0 aromatic carbocycles. The molecule has 0 radical (unpaired) electrons. The molecule has 0 aliphatic carbocycles. The van der Waals surface area contributed by atoms with E-state index in [0.29, 0.717) is 0 Å². The van der Waals surface area contributed by atoms with Crippen LogP contribution in [-0.2, 0) is 14.6 Å². The molecule has 4 nitrogen and oxygen atoms in total. The molecular weight excluding hydrogens is 247 g/mol. The van der Waals surface area contributed by atoms with E-state index in [4.69, 9.17) is 0 Å². The fraction of sp³-hybridized carbons (Fsp3) is 1.00. The van der Waals surface area contributed by atoms with E-state index < -0.39 is 22.1 Å². The van der Waals surface area contributed by atoms with E-state index in [2.05, 4.69) is 10.1 Å². The predicted octanol–water partition coefficient (Wildman–Crippen LogP) is 0.588. The van der Waals surface area contributed by atoms with Gasteiger partial charge in [0.15, 0.2) is 6.10 Å². The van der Waals surface area contributed by atoms with Crippen molar-refractivity contribution in [2.24, 2.45) is 0 Å². The molecule has 0 heterocycles. The molecule has 0 fully saturated rings. The first-order valence-corrected chi connectivity index (χ1v) is 6.76. The zero-order chi connectivity index (χ0) is 12.8. The summed E-state index contributed by atoms with van der Waals surface area (Å²) in [5, 5.41) is 2.68. The highest BCUT2D eigenvalue weighted by molar-refractivity contribution is 7.90. The minimum absolute atomic E-state index is 0.0399. The van der Waals surface area contributed by atoms with E-state index in [1.54, 1.807) is 0 Å². The summed E-state index contributed by atoms with van der Waals surface area (Å²) in [4.78, 5) is 0. The first kappa shape index (κ1) is 15.7. The molecule has 0 aliphatic rings. The molecule has 0 rings (SSSR count). The minimum Gasteiger partial charge on any atom is -0.368 e. The van der Waals surface area contributed by atoms with Crippen molar-refractivity contribution in [3.8, 4) is 0 Å². The molecule has 16 heavy (non-hydrogen) atoms. The molecule has 0 saturated heterocycles. The molecule has 0 amide bonds. The highest BCUT2D eigenvalue weighted by atomic mass is 32.2. The average molecular weight is 263 g/mol. The second-order valence-corrected chi connectivity index (χ2v) is 5.69. The smallest absolute Gasteiger partial charge is 0.368 e. The van der Waals surface area contributed by atoms with Crippen LogP contribution in [0.25, 0.3) is 0 Å². The summed E-state index contributed by atoms with van der Waals surface area (Å²) in [6, 6.07) is 0. The van der Waals surface area contributed by atoms with Gasteiger partial charge in [0.05, 0.1) is 12.4 Å². The topological polar surface area (TPSA) is 55.4 Å². The zero-order valence-electron chi connectivity index (χ0n) is 9.17. The van der Waals surface area contributed by atoms with Gasteiger partial charge in [-0.25, -0.2) is 8.42 Å². The lowest BCUT2D eigenvalue weighted by atomic mass is 10.4. The third-order valence-corrected chi connectivity index (χ3v) is 2.70. The Hall–Kier alpha value is -0.340. The van der Waals surface area contributed by atoms with Crippen molar-refractivity contribution in [1.82, 2.24) is 5.32 Å². The molecule has 8 heteroatoms. The first-order valence-electron chi connectivity index (χ1n) is 4.69. The Morgan fingerprint density at radius 1 is 1.31 bits per heavy atom. The molecule has 0 bridgehead atoms. The van der Waals surface area contributed by atoms with E-state index in [1.807, 2.05) is 0 Å². The lowest BCUT2D eigenvalue weighted by Crippen LogP contribution is -2.32. The Morgan fingerprint density at radius 2 is 1.88 bits per heavy atom. The predicted molar refractivity (Wildman–Crippen MR) is 54.0 cm³/mol. The standard InChI is InChI=1S/C8H16F3NO3S/c1-7(8(9,10)11)15-5-3-12-4-6-16(2,13)14/h7,12H,3-6H2,1-2H3. The van der Waals surface area contributed by atoms with Crippen LogP contribution in [0.4, 0.5) is 13.2 Å². The highest BCUT2D eigenvalue weighted by Crippen LogP contribution is 2.21. The van der Waals surface area contributed by atoms with Crippen LogP contribution in [0.1, 0.15) is 6.92 Å². The number of sulfone groups is 1. The van der Waals surface area contributed by atoms with Gasteiger partial charge in [-0.15, -0.1) is 0 Å². The van der Waals surface area contributed by atoms with Crippen LogP contribution >= 0.6 is 0 Å². The molecule has 0 aliphatic heterocycles. The third kappa shape index (κ3) is 8.93. The summed E-state index contributed by atoms with van der Waals surface area (Å²) < 4.78 is 61.7. The van der Waals surface area contributed by atoms with Gasteiger partial charge in [-0.05, 0) is 6.92 Å². The van der Waals surface area contributed by atoms with E-state index in [1.165, 1.54) is 0 Å². The summed E-state index contributed by atoms with van der Waals surface area (Å²) in [6.45, 7) is 1.22. The van der Waals surface area contributed by atoms with Crippen LogP contribution in [0, 0.1) is 0 Å². The second kappa shape index (κ2) is 6.41. The second-order valence-electron chi connectivity index (χ2n) is 3.43. The Labute approximate surface area is 93.1 Å². The van der Waals surface area contributed by atoms with Crippen molar-refractivity contribution in [2.45, 2.75) is 19.2 Å². The van der Waals surface area contributed by atoms with Crippen LogP contribution in [0.3, 0.4) is 0 Å². The lowest BCUT2D eigenvalue weighted by molar-refractivity contribution is -0.213. The molecule has 1 unspecified atom stereocenters. The summed E-state index contributed by atoms with van der Waals surface area (Å²) in [5.74, 6) is -0.0399. The molecular formula is C8H16F3NO3S. The Morgan fingerprint density at radius 3 is 2.31 bits per heavy atom. The number of nitrogens with one attached hydrogen (secondary N) is 1. The average Bonchev–Trinajstić information content (AvgIpc) is 2.07. The third-order valence-electron chi connectivity index (χ3n) is 1.76. The number of hydrogen-bond donors (Lipinski definition) is 1. The summed E-state index contributed by atoms with van der Waals surface area (Å²) in [5.41, 5.74) is 0. The van der Waals surface area contributed by atoms with Crippen molar-refractivity contribution in [3.63, 3.8) is 0 Å². The zero-order valence-corrected chi connectivity index (χ0v) is 9.99. The highest BCUT2D eigenvalue weighted by Gasteiger charge is 2.36. The van der Waals surface area contributed by atoms with Crippen molar-refractivity contribution < 1.29 is 26.3 Å². The van der Waals surface area contributed by atoms with E-state index >= 15 is 0 Å². The number of hydrogen-bond acceptors (Lipinski definition) is 4. The van der Waals surface area contributed by atoms with E-state index in [9.17, 15) is 21.6 Å². The maximum absolute atomic E-state index is 12.0. The Balaban J connectivity index is 3.48. The van der Waals surface area contributed by atoms with E-state index in [0.717, 1.165) is 13.2 Å². The fourth-order valence-electron chi connectivity index (χ4n) is 0.785. The summed E-state index contributed by atoms with van der Waals surface area (Å²) >= 11 is 0. The van der Waals surface area contributed by atoms with Gasteiger partial charge in [-0.1, -0.05) is 0 Å². The molecule has 1 N–H and O–H groups in total.